The molecule has 1 aromatic carbocycles. The number of halogens is 1. The molecule has 0 heterocycles. The van der Waals surface area contributed by atoms with E-state index in [4.69, 9.17) is 11.6 Å². The second-order valence-electron chi connectivity index (χ2n) is 3.95. The highest BCUT2D eigenvalue weighted by molar-refractivity contribution is 6.30. The van der Waals surface area contributed by atoms with Crippen LogP contribution >= 0.6 is 11.6 Å². The van der Waals surface area contributed by atoms with Gasteiger partial charge in [0.05, 0.1) is 0 Å². The molecule has 0 bridgehead atoms. The summed E-state index contributed by atoms with van der Waals surface area (Å²) in [5, 5.41) is 0.827. The molecule has 2 unspecified atom stereocenters. The van der Waals surface area contributed by atoms with Gasteiger partial charge in [0.1, 0.15) is 0 Å². The predicted octanol–water partition coefficient (Wildman–Crippen LogP) is 4.88. The second-order valence-corrected chi connectivity index (χ2v) is 4.39. The van der Waals surface area contributed by atoms with Crippen molar-refractivity contribution in [2.75, 3.05) is 0 Å². The summed E-state index contributed by atoms with van der Waals surface area (Å²) in [5.41, 5.74) is 1.42. The third-order valence-electron chi connectivity index (χ3n) is 3.07. The van der Waals surface area contributed by atoms with Crippen LogP contribution < -0.4 is 0 Å². The Morgan fingerprint density at radius 2 is 1.64 bits per heavy atom. The molecule has 1 aromatic rings. The van der Waals surface area contributed by atoms with Crippen molar-refractivity contribution < 1.29 is 0 Å². The Hall–Kier alpha value is -0.490. The molecule has 78 valence electrons. The standard InChI is InChI=1S/C13H19Cl/c1-4-10(3)13(5-2)11-6-8-12(14)9-7-11/h6-10,13H,4-5H2,1-3H3. The van der Waals surface area contributed by atoms with Gasteiger partial charge in [0, 0.05) is 5.02 Å². The summed E-state index contributed by atoms with van der Waals surface area (Å²) in [6.07, 6.45) is 2.44. The molecule has 1 heteroatoms. The highest BCUT2D eigenvalue weighted by Gasteiger charge is 2.15. The van der Waals surface area contributed by atoms with E-state index in [9.17, 15) is 0 Å². The first-order valence-corrected chi connectivity index (χ1v) is 5.82. The minimum absolute atomic E-state index is 0.678. The maximum absolute atomic E-state index is 5.87. The molecule has 0 aromatic heterocycles. The van der Waals surface area contributed by atoms with Crippen molar-refractivity contribution in [3.8, 4) is 0 Å². The van der Waals surface area contributed by atoms with Gasteiger partial charge in [0.25, 0.3) is 0 Å². The Morgan fingerprint density at radius 1 is 1.07 bits per heavy atom. The number of hydrogen-bond acceptors (Lipinski definition) is 0. The third kappa shape index (κ3) is 2.75. The molecular formula is C13H19Cl. The van der Waals surface area contributed by atoms with Crippen LogP contribution in [0.2, 0.25) is 5.02 Å². The molecule has 0 N–H and O–H groups in total. The molecule has 0 aliphatic heterocycles. The van der Waals surface area contributed by atoms with Crippen LogP contribution in [0.5, 0.6) is 0 Å². The SMILES string of the molecule is CCC(C)C(CC)c1ccc(Cl)cc1. The molecule has 14 heavy (non-hydrogen) atoms. The molecule has 0 saturated carbocycles. The highest BCUT2D eigenvalue weighted by atomic mass is 35.5. The lowest BCUT2D eigenvalue weighted by Crippen LogP contribution is -2.07. The van der Waals surface area contributed by atoms with E-state index < -0.39 is 0 Å². The van der Waals surface area contributed by atoms with E-state index >= 15 is 0 Å². The Morgan fingerprint density at radius 3 is 2.07 bits per heavy atom. The monoisotopic (exact) mass is 210 g/mol. The first-order chi connectivity index (χ1) is 6.69. The van der Waals surface area contributed by atoms with Crippen molar-refractivity contribution in [2.45, 2.75) is 39.5 Å². The lowest BCUT2D eigenvalue weighted by Gasteiger charge is -2.21. The second kappa shape index (κ2) is 5.41. The first-order valence-electron chi connectivity index (χ1n) is 5.44. The highest BCUT2D eigenvalue weighted by Crippen LogP contribution is 2.30. The molecular weight excluding hydrogens is 192 g/mol. The van der Waals surface area contributed by atoms with Crippen molar-refractivity contribution in [1.82, 2.24) is 0 Å². The summed E-state index contributed by atoms with van der Waals surface area (Å²) in [6.45, 7) is 6.83. The number of hydrogen-bond donors (Lipinski definition) is 0. The minimum Gasteiger partial charge on any atom is -0.0843 e. The summed E-state index contributed by atoms with van der Waals surface area (Å²) >= 11 is 5.87. The molecule has 0 aliphatic rings. The van der Waals surface area contributed by atoms with Gasteiger partial charge in [-0.05, 0) is 36.0 Å². The van der Waals surface area contributed by atoms with Gasteiger partial charge in [-0.3, -0.25) is 0 Å². The summed E-state index contributed by atoms with van der Waals surface area (Å²) in [5.74, 6) is 1.43. The summed E-state index contributed by atoms with van der Waals surface area (Å²) in [6, 6.07) is 8.29. The summed E-state index contributed by atoms with van der Waals surface area (Å²) in [4.78, 5) is 0. The average molecular weight is 211 g/mol. The van der Waals surface area contributed by atoms with Crippen molar-refractivity contribution in [3.63, 3.8) is 0 Å². The van der Waals surface area contributed by atoms with Gasteiger partial charge >= 0.3 is 0 Å². The molecule has 0 fully saturated rings. The molecule has 0 saturated heterocycles. The van der Waals surface area contributed by atoms with Crippen LogP contribution in [0, 0.1) is 5.92 Å². The summed E-state index contributed by atoms with van der Waals surface area (Å²) < 4.78 is 0. The van der Waals surface area contributed by atoms with Crippen molar-refractivity contribution >= 4 is 11.6 Å². The average Bonchev–Trinajstić information content (AvgIpc) is 2.21. The van der Waals surface area contributed by atoms with E-state index in [1.165, 1.54) is 18.4 Å². The molecule has 0 amide bonds. The molecule has 2 atom stereocenters. The zero-order valence-electron chi connectivity index (χ0n) is 9.26. The van der Waals surface area contributed by atoms with E-state index in [0.717, 1.165) is 10.9 Å². The Labute approximate surface area is 92.3 Å². The minimum atomic E-state index is 0.678. The van der Waals surface area contributed by atoms with E-state index in [0.29, 0.717) is 5.92 Å². The molecule has 0 aliphatic carbocycles. The fourth-order valence-electron chi connectivity index (χ4n) is 1.96. The number of rotatable bonds is 4. The molecule has 0 nitrogen and oxygen atoms in total. The maximum Gasteiger partial charge on any atom is 0.0406 e. The van der Waals surface area contributed by atoms with Gasteiger partial charge in [0.2, 0.25) is 0 Å². The van der Waals surface area contributed by atoms with Crippen molar-refractivity contribution in [3.05, 3.63) is 34.9 Å². The van der Waals surface area contributed by atoms with E-state index in [1.54, 1.807) is 0 Å². The van der Waals surface area contributed by atoms with Gasteiger partial charge in [-0.2, -0.15) is 0 Å². The van der Waals surface area contributed by atoms with Crippen LogP contribution in [-0.4, -0.2) is 0 Å². The quantitative estimate of drug-likeness (QED) is 0.665. The van der Waals surface area contributed by atoms with Crippen LogP contribution in [0.4, 0.5) is 0 Å². The Bertz CT molecular complexity index is 263. The lowest BCUT2D eigenvalue weighted by atomic mass is 9.84. The van der Waals surface area contributed by atoms with Crippen LogP contribution in [-0.2, 0) is 0 Å². The van der Waals surface area contributed by atoms with Gasteiger partial charge < -0.3 is 0 Å². The smallest absolute Gasteiger partial charge is 0.0406 e. The van der Waals surface area contributed by atoms with Gasteiger partial charge in [-0.25, -0.2) is 0 Å². The van der Waals surface area contributed by atoms with Crippen molar-refractivity contribution in [2.24, 2.45) is 5.92 Å². The molecule has 0 spiro atoms. The molecule has 0 radical (unpaired) electrons. The van der Waals surface area contributed by atoms with Crippen LogP contribution in [0.25, 0.3) is 0 Å². The van der Waals surface area contributed by atoms with Crippen LogP contribution in [0.1, 0.15) is 45.1 Å². The fourth-order valence-corrected chi connectivity index (χ4v) is 2.09. The third-order valence-corrected chi connectivity index (χ3v) is 3.32. The predicted molar refractivity (Wildman–Crippen MR) is 63.9 cm³/mol. The Balaban J connectivity index is 2.84. The van der Waals surface area contributed by atoms with Gasteiger partial charge in [0.15, 0.2) is 0 Å². The lowest BCUT2D eigenvalue weighted by molar-refractivity contribution is 0.435. The van der Waals surface area contributed by atoms with Crippen molar-refractivity contribution in [1.29, 1.82) is 0 Å². The Kier molecular flexibility index (Phi) is 4.47. The number of benzene rings is 1. The largest absolute Gasteiger partial charge is 0.0843 e. The fraction of sp³-hybridized carbons (Fsp3) is 0.538. The maximum atomic E-state index is 5.87. The van der Waals surface area contributed by atoms with Crippen LogP contribution in [0.15, 0.2) is 24.3 Å². The summed E-state index contributed by atoms with van der Waals surface area (Å²) in [7, 11) is 0. The zero-order chi connectivity index (χ0) is 10.6. The van der Waals surface area contributed by atoms with E-state index in [2.05, 4.69) is 32.9 Å². The van der Waals surface area contributed by atoms with Gasteiger partial charge in [-0.1, -0.05) is 50.9 Å². The zero-order valence-corrected chi connectivity index (χ0v) is 10.0. The van der Waals surface area contributed by atoms with Gasteiger partial charge in [-0.15, -0.1) is 0 Å². The van der Waals surface area contributed by atoms with Crippen LogP contribution in [0.3, 0.4) is 0 Å². The molecule has 1 rings (SSSR count). The first kappa shape index (κ1) is 11.6. The topological polar surface area (TPSA) is 0 Å². The van der Waals surface area contributed by atoms with E-state index in [-0.39, 0.29) is 0 Å². The normalized spacial score (nSPS) is 15.1. The van der Waals surface area contributed by atoms with E-state index in [1.807, 2.05) is 12.1 Å².